The molecule has 12 nitrogen and oxygen atoms in total. The first-order chi connectivity index (χ1) is 22.3. The van der Waals surface area contributed by atoms with Gasteiger partial charge in [0.15, 0.2) is 0 Å². The fourth-order valence-corrected chi connectivity index (χ4v) is 5.28. The predicted molar refractivity (Wildman–Crippen MR) is 180 cm³/mol. The highest BCUT2D eigenvalue weighted by atomic mass is 16.4. The molecule has 1 aromatic heterocycles. The van der Waals surface area contributed by atoms with E-state index in [0.29, 0.717) is 6.42 Å². The number of aromatic nitrogens is 1. The number of nitrogens with two attached hydrogens (primary N) is 1. The fourth-order valence-electron chi connectivity index (χ4n) is 5.28. The summed E-state index contributed by atoms with van der Waals surface area (Å²) in [6.07, 6.45) is 2.66. The Morgan fingerprint density at radius 2 is 1.34 bits per heavy atom. The number of fused-ring (bicyclic) bond motifs is 1. The molecule has 0 radical (unpaired) electrons. The monoisotopic (exact) mass is 648 g/mol. The molecule has 0 fully saturated rings. The van der Waals surface area contributed by atoms with E-state index in [2.05, 4.69) is 26.3 Å². The molecule has 2 aromatic carbocycles. The number of nitrogens with one attached hydrogen (secondary N) is 5. The van der Waals surface area contributed by atoms with Crippen LogP contribution in [0.5, 0.6) is 0 Å². The summed E-state index contributed by atoms with van der Waals surface area (Å²) in [6, 6.07) is 11.3. The van der Waals surface area contributed by atoms with Gasteiger partial charge < -0.3 is 37.1 Å². The molecule has 3 aromatic rings. The Balaban J connectivity index is 1.84. The van der Waals surface area contributed by atoms with Crippen molar-refractivity contribution in [2.75, 3.05) is 0 Å². The van der Waals surface area contributed by atoms with Crippen molar-refractivity contribution in [3.05, 3.63) is 71.9 Å². The number of amides is 4. The van der Waals surface area contributed by atoms with Gasteiger partial charge in [-0.25, -0.2) is 4.79 Å². The Labute approximate surface area is 275 Å². The number of carbonyl (C=O) groups is 5. The lowest BCUT2D eigenvalue weighted by Crippen LogP contribution is -2.60. The van der Waals surface area contributed by atoms with Crippen LogP contribution in [0.25, 0.3) is 10.9 Å². The summed E-state index contributed by atoms with van der Waals surface area (Å²) in [5.74, 6) is -3.79. The third-order valence-electron chi connectivity index (χ3n) is 8.18. The number of H-pyrrole nitrogens is 1. The van der Waals surface area contributed by atoms with Crippen LogP contribution in [-0.2, 0) is 36.8 Å². The summed E-state index contributed by atoms with van der Waals surface area (Å²) in [6.45, 7) is 9.01. The van der Waals surface area contributed by atoms with Crippen molar-refractivity contribution in [1.29, 1.82) is 0 Å². The van der Waals surface area contributed by atoms with Gasteiger partial charge in [0, 0.05) is 29.9 Å². The van der Waals surface area contributed by atoms with Crippen LogP contribution < -0.4 is 27.0 Å². The van der Waals surface area contributed by atoms with E-state index in [1.807, 2.05) is 58.0 Å². The van der Waals surface area contributed by atoms with Gasteiger partial charge in [0.2, 0.25) is 23.6 Å². The molecule has 0 aliphatic heterocycles. The SMILES string of the molecule is CC[C@H](C)[C@H](NC(=O)[C@H](C)N)C(=O)N[C@@H](CC(C)C)C(=O)N[C@@H](Cc1ccccc1)C(=O)N[C@@H](Cc1c[nH]c2ccccc12)C(=O)O. The van der Waals surface area contributed by atoms with E-state index in [1.54, 1.807) is 30.5 Å². The van der Waals surface area contributed by atoms with Gasteiger partial charge in [0.1, 0.15) is 24.2 Å². The van der Waals surface area contributed by atoms with E-state index in [9.17, 15) is 29.1 Å². The molecule has 8 N–H and O–H groups in total. The van der Waals surface area contributed by atoms with Crippen molar-refractivity contribution in [3.63, 3.8) is 0 Å². The molecule has 0 saturated carbocycles. The van der Waals surface area contributed by atoms with Gasteiger partial charge in [0.05, 0.1) is 6.04 Å². The van der Waals surface area contributed by atoms with Gasteiger partial charge in [-0.2, -0.15) is 0 Å². The zero-order chi connectivity index (χ0) is 34.7. The van der Waals surface area contributed by atoms with Crippen LogP contribution in [-0.4, -0.2) is 69.9 Å². The Hall–Kier alpha value is -4.71. The molecular formula is C35H48N6O6. The number of aliphatic carboxylic acids is 1. The number of carboxylic acid groups (broad SMARTS) is 1. The van der Waals surface area contributed by atoms with Crippen LogP contribution in [0, 0.1) is 11.8 Å². The van der Waals surface area contributed by atoms with E-state index in [0.717, 1.165) is 22.0 Å². The quantitative estimate of drug-likeness (QED) is 0.117. The van der Waals surface area contributed by atoms with Gasteiger partial charge in [-0.1, -0.05) is 82.6 Å². The number of carbonyl (C=O) groups excluding carboxylic acids is 4. The van der Waals surface area contributed by atoms with Gasteiger partial charge >= 0.3 is 5.97 Å². The van der Waals surface area contributed by atoms with E-state index in [1.165, 1.54) is 6.92 Å². The molecule has 0 bridgehead atoms. The van der Waals surface area contributed by atoms with Crippen molar-refractivity contribution >= 4 is 40.5 Å². The lowest BCUT2D eigenvalue weighted by molar-refractivity contribution is -0.142. The molecule has 3 rings (SSSR count). The standard InChI is InChI=1S/C35H48N6O6/c1-6-21(4)30(41-31(42)22(5)36)34(45)39-27(16-20(2)3)32(43)38-28(17-23-12-8-7-9-13-23)33(44)40-29(35(46)47)18-24-19-37-26-15-11-10-14-25(24)26/h7-15,19-22,27-30,37H,6,16-18,36H2,1-5H3,(H,38,43)(H,39,45)(H,40,44)(H,41,42)(H,46,47)/t21-,22-,27-,28-,29-,30-/m0/s1. The van der Waals surface area contributed by atoms with Crippen molar-refractivity contribution in [2.24, 2.45) is 17.6 Å². The molecule has 0 aliphatic rings. The topological polar surface area (TPSA) is 196 Å². The lowest BCUT2D eigenvalue weighted by atomic mass is 9.96. The molecule has 0 spiro atoms. The number of rotatable bonds is 17. The summed E-state index contributed by atoms with van der Waals surface area (Å²) < 4.78 is 0. The molecule has 12 heteroatoms. The summed E-state index contributed by atoms with van der Waals surface area (Å²) in [7, 11) is 0. The fraction of sp³-hybridized carbons (Fsp3) is 0.457. The Morgan fingerprint density at radius 3 is 1.96 bits per heavy atom. The third-order valence-corrected chi connectivity index (χ3v) is 8.18. The first kappa shape index (κ1) is 36.8. The Kier molecular flexibility index (Phi) is 13.5. The number of hydrogen-bond donors (Lipinski definition) is 7. The van der Waals surface area contributed by atoms with Crippen LogP contribution in [0.15, 0.2) is 60.8 Å². The van der Waals surface area contributed by atoms with Gasteiger partial charge in [-0.15, -0.1) is 0 Å². The summed E-state index contributed by atoms with van der Waals surface area (Å²) in [4.78, 5) is 68.8. The molecule has 4 amide bonds. The molecular weight excluding hydrogens is 600 g/mol. The second-order valence-electron chi connectivity index (χ2n) is 12.6. The number of hydrogen-bond acceptors (Lipinski definition) is 6. The van der Waals surface area contributed by atoms with E-state index in [-0.39, 0.29) is 31.1 Å². The third kappa shape index (κ3) is 10.7. The van der Waals surface area contributed by atoms with Crippen LogP contribution in [0.2, 0.25) is 0 Å². The second kappa shape index (κ2) is 17.3. The maximum absolute atomic E-state index is 13.8. The van der Waals surface area contributed by atoms with E-state index >= 15 is 0 Å². The minimum atomic E-state index is -1.27. The molecule has 0 unspecified atom stereocenters. The average Bonchev–Trinajstić information content (AvgIpc) is 3.44. The minimum absolute atomic E-state index is 0.0132. The molecule has 0 aliphatic carbocycles. The van der Waals surface area contributed by atoms with Crippen molar-refractivity contribution in [1.82, 2.24) is 26.3 Å². The molecule has 0 saturated heterocycles. The number of aromatic amines is 1. The highest BCUT2D eigenvalue weighted by Crippen LogP contribution is 2.19. The van der Waals surface area contributed by atoms with Gasteiger partial charge in [-0.3, -0.25) is 19.2 Å². The summed E-state index contributed by atoms with van der Waals surface area (Å²) >= 11 is 0. The average molecular weight is 649 g/mol. The smallest absolute Gasteiger partial charge is 0.326 e. The van der Waals surface area contributed by atoms with Gasteiger partial charge in [-0.05, 0) is 42.4 Å². The predicted octanol–water partition coefficient (Wildman–Crippen LogP) is 2.42. The van der Waals surface area contributed by atoms with Gasteiger partial charge in [0.25, 0.3) is 0 Å². The summed E-state index contributed by atoms with van der Waals surface area (Å²) in [5, 5.41) is 21.8. The maximum Gasteiger partial charge on any atom is 0.326 e. The van der Waals surface area contributed by atoms with Crippen LogP contribution >= 0.6 is 0 Å². The molecule has 47 heavy (non-hydrogen) atoms. The zero-order valence-corrected chi connectivity index (χ0v) is 27.7. The zero-order valence-electron chi connectivity index (χ0n) is 27.7. The molecule has 6 atom stereocenters. The number of para-hydroxylation sites is 1. The second-order valence-corrected chi connectivity index (χ2v) is 12.6. The van der Waals surface area contributed by atoms with Crippen LogP contribution in [0.1, 0.15) is 58.6 Å². The first-order valence-electron chi connectivity index (χ1n) is 16.1. The lowest BCUT2D eigenvalue weighted by Gasteiger charge is -2.29. The summed E-state index contributed by atoms with van der Waals surface area (Å²) in [5.41, 5.74) is 8.04. The normalized spacial score (nSPS) is 15.1. The first-order valence-corrected chi connectivity index (χ1v) is 16.1. The highest BCUT2D eigenvalue weighted by molar-refractivity contribution is 5.95. The Bertz CT molecular complexity index is 1520. The number of benzene rings is 2. The molecule has 254 valence electrons. The van der Waals surface area contributed by atoms with Crippen molar-refractivity contribution in [2.45, 2.75) is 90.5 Å². The molecule has 1 heterocycles. The van der Waals surface area contributed by atoms with E-state index in [4.69, 9.17) is 5.73 Å². The number of carboxylic acids is 1. The van der Waals surface area contributed by atoms with Crippen LogP contribution in [0.3, 0.4) is 0 Å². The minimum Gasteiger partial charge on any atom is -0.480 e. The van der Waals surface area contributed by atoms with E-state index < -0.39 is 59.8 Å². The highest BCUT2D eigenvalue weighted by Gasteiger charge is 2.33. The maximum atomic E-state index is 13.8. The van der Waals surface area contributed by atoms with Crippen LogP contribution in [0.4, 0.5) is 0 Å². The van der Waals surface area contributed by atoms with Crippen molar-refractivity contribution < 1.29 is 29.1 Å². The van der Waals surface area contributed by atoms with Crippen molar-refractivity contribution in [3.8, 4) is 0 Å². The largest absolute Gasteiger partial charge is 0.480 e. The Morgan fingerprint density at radius 1 is 0.745 bits per heavy atom.